The van der Waals surface area contributed by atoms with Gasteiger partial charge in [0, 0.05) is 23.4 Å². The Kier molecular flexibility index (Phi) is 2.68. The summed E-state index contributed by atoms with van der Waals surface area (Å²) in [5.41, 5.74) is 10.3. The van der Waals surface area contributed by atoms with Crippen molar-refractivity contribution >= 4 is 44.0 Å². The Bertz CT molecular complexity index is 1650. The van der Waals surface area contributed by atoms with Crippen LogP contribution >= 0.6 is 0 Å². The zero-order chi connectivity index (χ0) is 19.1. The first-order chi connectivity index (χ1) is 14.3. The van der Waals surface area contributed by atoms with Crippen molar-refractivity contribution in [2.24, 2.45) is 7.05 Å². The summed E-state index contributed by atoms with van der Waals surface area (Å²) in [4.78, 5) is 0. The molecule has 0 saturated heterocycles. The molecule has 0 amide bonds. The maximum absolute atomic E-state index is 6.41. The third-order valence-electron chi connectivity index (χ3n) is 6.22. The van der Waals surface area contributed by atoms with E-state index >= 15 is 0 Å². The van der Waals surface area contributed by atoms with Crippen LogP contribution in [0.4, 0.5) is 0 Å². The fourth-order valence-corrected chi connectivity index (χ4v) is 5.04. The van der Waals surface area contributed by atoms with Crippen molar-refractivity contribution in [3.63, 3.8) is 0 Å². The summed E-state index contributed by atoms with van der Waals surface area (Å²) in [6.07, 6.45) is 0. The van der Waals surface area contributed by atoms with Crippen molar-refractivity contribution in [2.75, 3.05) is 0 Å². The molecule has 0 aliphatic carbocycles. The zero-order valence-corrected chi connectivity index (χ0v) is 15.9. The summed E-state index contributed by atoms with van der Waals surface area (Å²) in [6, 6.07) is 29.9. The average Bonchev–Trinajstić information content (AvgIpc) is 2.77. The van der Waals surface area contributed by atoms with Gasteiger partial charge in [0.05, 0.1) is 27.4 Å². The fourth-order valence-electron chi connectivity index (χ4n) is 5.04. The zero-order valence-electron chi connectivity index (χ0n) is 15.9. The molecule has 3 heterocycles. The first-order valence-corrected chi connectivity index (χ1v) is 9.87. The molecule has 3 nitrogen and oxygen atoms in total. The lowest BCUT2D eigenvalue weighted by molar-refractivity contribution is -0.617. The molecule has 136 valence electrons. The van der Waals surface area contributed by atoms with Crippen molar-refractivity contribution in [2.45, 2.75) is 0 Å². The van der Waals surface area contributed by atoms with E-state index in [1.54, 1.807) is 0 Å². The number of hydrogen-bond donors (Lipinski definition) is 0. The largest absolute Gasteiger partial charge is 0.456 e. The molecular weight excluding hydrogens is 356 g/mol. The molecule has 1 aromatic heterocycles. The minimum atomic E-state index is 0.924. The lowest BCUT2D eigenvalue weighted by atomic mass is 9.90. The lowest BCUT2D eigenvalue weighted by Crippen LogP contribution is -2.31. The number of para-hydroxylation sites is 1. The van der Waals surface area contributed by atoms with Gasteiger partial charge in [0.2, 0.25) is 11.0 Å². The summed E-state index contributed by atoms with van der Waals surface area (Å²) >= 11 is 0. The SMILES string of the molecule is C[n+]1c2cccc3oc4cccc5c4-c(c32)c2c(cccc21)n5-c1ccccc1. The van der Waals surface area contributed by atoms with Gasteiger partial charge in [-0.25, -0.2) is 0 Å². The third-order valence-corrected chi connectivity index (χ3v) is 6.22. The molecule has 0 unspecified atom stereocenters. The summed E-state index contributed by atoms with van der Waals surface area (Å²) in [7, 11) is 2.14. The number of hydrogen-bond acceptors (Lipinski definition) is 1. The van der Waals surface area contributed by atoms with Crippen LogP contribution in [0.3, 0.4) is 0 Å². The van der Waals surface area contributed by atoms with Crippen molar-refractivity contribution in [3.8, 4) is 16.8 Å². The Morgan fingerprint density at radius 2 is 1.31 bits per heavy atom. The topological polar surface area (TPSA) is 21.9 Å². The second kappa shape index (κ2) is 5.15. The van der Waals surface area contributed by atoms with E-state index in [0.29, 0.717) is 0 Å². The molecule has 0 bridgehead atoms. The summed E-state index contributed by atoms with van der Waals surface area (Å²) in [5, 5.41) is 2.48. The molecule has 0 atom stereocenters. The minimum Gasteiger partial charge on any atom is -0.456 e. The van der Waals surface area contributed by atoms with Crippen LogP contribution in [0.15, 0.2) is 89.3 Å². The van der Waals surface area contributed by atoms with E-state index < -0.39 is 0 Å². The van der Waals surface area contributed by atoms with E-state index in [1.165, 1.54) is 44.0 Å². The maximum Gasteiger partial charge on any atom is 0.217 e. The van der Waals surface area contributed by atoms with E-state index in [1.807, 2.05) is 0 Å². The van der Waals surface area contributed by atoms with E-state index in [0.717, 1.165) is 16.9 Å². The Hall–Kier alpha value is -3.85. The highest BCUT2D eigenvalue weighted by Crippen LogP contribution is 2.47. The van der Waals surface area contributed by atoms with Crippen LogP contribution in [0.2, 0.25) is 0 Å². The molecule has 29 heavy (non-hydrogen) atoms. The molecule has 0 fully saturated rings. The standard InChI is InChI=1S/C26H17N2O/c1-27-17-10-5-12-19-23(17)26-24-18(27)11-6-14-21(24)29-22-15-7-13-20(25(22)26)28(19)16-8-3-2-4-9-16/h2-15H,1H3/q+1. The summed E-state index contributed by atoms with van der Waals surface area (Å²) in [6.45, 7) is 0. The molecule has 2 aliphatic heterocycles. The Labute approximate surface area is 166 Å². The second-order valence-electron chi connectivity index (χ2n) is 7.68. The highest BCUT2D eigenvalue weighted by Gasteiger charge is 2.30. The van der Waals surface area contributed by atoms with E-state index in [9.17, 15) is 0 Å². The van der Waals surface area contributed by atoms with Crippen LogP contribution in [-0.4, -0.2) is 4.57 Å². The summed E-state index contributed by atoms with van der Waals surface area (Å²) < 4.78 is 11.1. The third kappa shape index (κ3) is 1.76. The Morgan fingerprint density at radius 3 is 2.17 bits per heavy atom. The molecule has 7 rings (SSSR count). The van der Waals surface area contributed by atoms with Crippen LogP contribution in [0.25, 0.3) is 60.8 Å². The number of nitrogens with zero attached hydrogens (tertiary/aromatic N) is 2. The van der Waals surface area contributed by atoms with Gasteiger partial charge in [-0.05, 0) is 36.4 Å². The normalized spacial score (nSPS) is 12.3. The van der Waals surface area contributed by atoms with Gasteiger partial charge in [0.25, 0.3) is 0 Å². The van der Waals surface area contributed by atoms with Crippen molar-refractivity contribution in [1.82, 2.24) is 4.57 Å². The van der Waals surface area contributed by atoms with E-state index in [-0.39, 0.29) is 0 Å². The number of aromatic nitrogens is 2. The Morgan fingerprint density at radius 1 is 0.621 bits per heavy atom. The number of pyridine rings is 2. The quantitative estimate of drug-likeness (QED) is 0.195. The highest BCUT2D eigenvalue weighted by molar-refractivity contribution is 6.23. The molecule has 0 saturated carbocycles. The molecule has 0 radical (unpaired) electrons. The summed E-state index contributed by atoms with van der Waals surface area (Å²) in [5.74, 6) is 0. The molecule has 0 N–H and O–H groups in total. The maximum atomic E-state index is 6.41. The van der Waals surface area contributed by atoms with Crippen LogP contribution in [0.1, 0.15) is 0 Å². The fraction of sp³-hybridized carbons (Fsp3) is 0.0385. The van der Waals surface area contributed by atoms with Gasteiger partial charge in [0.15, 0.2) is 0 Å². The van der Waals surface area contributed by atoms with Crippen molar-refractivity contribution in [3.05, 3.63) is 84.9 Å². The number of aryl methyl sites for hydroxylation is 1. The monoisotopic (exact) mass is 373 g/mol. The minimum absolute atomic E-state index is 0.924. The second-order valence-corrected chi connectivity index (χ2v) is 7.68. The number of rotatable bonds is 1. The van der Waals surface area contributed by atoms with Gasteiger partial charge in [-0.1, -0.05) is 36.4 Å². The van der Waals surface area contributed by atoms with Gasteiger partial charge in [-0.2, -0.15) is 4.57 Å². The Balaban J connectivity index is 1.91. The van der Waals surface area contributed by atoms with Gasteiger partial charge in [0.1, 0.15) is 18.2 Å². The van der Waals surface area contributed by atoms with Crippen LogP contribution in [0.5, 0.6) is 0 Å². The average molecular weight is 373 g/mol. The molecule has 4 aromatic carbocycles. The molecule has 5 aromatic rings. The molecular formula is C26H17N2O+. The molecule has 2 aliphatic rings. The molecule has 0 spiro atoms. The first kappa shape index (κ1) is 15.1. The van der Waals surface area contributed by atoms with Gasteiger partial charge >= 0.3 is 0 Å². The van der Waals surface area contributed by atoms with Gasteiger partial charge in [-0.15, -0.1) is 0 Å². The van der Waals surface area contributed by atoms with Crippen molar-refractivity contribution in [1.29, 1.82) is 0 Å². The van der Waals surface area contributed by atoms with Gasteiger partial charge < -0.3 is 8.98 Å². The van der Waals surface area contributed by atoms with Crippen LogP contribution < -0.4 is 4.57 Å². The predicted octanol–water partition coefficient (Wildman–Crippen LogP) is 6.05. The predicted molar refractivity (Wildman–Crippen MR) is 117 cm³/mol. The van der Waals surface area contributed by atoms with Gasteiger partial charge in [-0.3, -0.25) is 0 Å². The van der Waals surface area contributed by atoms with Crippen LogP contribution in [0, 0.1) is 0 Å². The highest BCUT2D eigenvalue weighted by atomic mass is 16.3. The van der Waals surface area contributed by atoms with Crippen molar-refractivity contribution < 1.29 is 8.98 Å². The first-order valence-electron chi connectivity index (χ1n) is 9.87. The lowest BCUT2D eigenvalue weighted by Gasteiger charge is -2.24. The van der Waals surface area contributed by atoms with E-state index in [2.05, 4.69) is 101 Å². The number of benzene rings is 4. The smallest absolute Gasteiger partial charge is 0.217 e. The molecule has 3 heteroatoms. The van der Waals surface area contributed by atoms with Crippen LogP contribution in [-0.2, 0) is 7.05 Å². The van der Waals surface area contributed by atoms with E-state index in [4.69, 9.17) is 4.42 Å².